The Hall–Kier alpha value is -2.38. The number of nitrogens with one attached hydrogen (secondary N) is 2. The number of rotatable bonds is 6. The van der Waals surface area contributed by atoms with Crippen LogP contribution in [0.4, 0.5) is 4.79 Å². The Labute approximate surface area is 145 Å². The highest BCUT2D eigenvalue weighted by Crippen LogP contribution is 2.13. The number of thiazole rings is 1. The molecule has 1 aromatic carbocycles. The summed E-state index contributed by atoms with van der Waals surface area (Å²) < 4.78 is 1.96. The van der Waals surface area contributed by atoms with Gasteiger partial charge in [0.25, 0.3) is 0 Å². The van der Waals surface area contributed by atoms with Crippen LogP contribution in [0.3, 0.4) is 0 Å². The quantitative estimate of drug-likeness (QED) is 0.723. The van der Waals surface area contributed by atoms with Crippen molar-refractivity contribution in [2.75, 3.05) is 20.6 Å². The third kappa shape index (κ3) is 4.12. The van der Waals surface area contributed by atoms with Crippen molar-refractivity contribution in [2.24, 2.45) is 0 Å². The third-order valence-corrected chi connectivity index (χ3v) is 4.40. The summed E-state index contributed by atoms with van der Waals surface area (Å²) in [7, 11) is 3.99. The molecule has 0 spiro atoms. The smallest absolute Gasteiger partial charge is 0.315 e. The molecular formula is C17H21N5OS. The second-order valence-corrected chi connectivity index (χ2v) is 6.75. The molecule has 0 aliphatic carbocycles. The zero-order valence-corrected chi connectivity index (χ0v) is 14.6. The van der Waals surface area contributed by atoms with Gasteiger partial charge in [-0.2, -0.15) is 0 Å². The van der Waals surface area contributed by atoms with Gasteiger partial charge in [-0.15, -0.1) is 11.3 Å². The van der Waals surface area contributed by atoms with Gasteiger partial charge in [0.15, 0.2) is 4.96 Å². The first-order valence-electron chi connectivity index (χ1n) is 7.77. The van der Waals surface area contributed by atoms with Gasteiger partial charge in [0, 0.05) is 24.3 Å². The van der Waals surface area contributed by atoms with E-state index in [1.54, 1.807) is 11.3 Å². The Bertz CT molecular complexity index is 767. The first-order chi connectivity index (χ1) is 11.6. The second kappa shape index (κ2) is 7.46. The summed E-state index contributed by atoms with van der Waals surface area (Å²) in [6, 6.07) is 9.73. The summed E-state index contributed by atoms with van der Waals surface area (Å²) in [4.78, 5) is 19.7. The van der Waals surface area contributed by atoms with Crippen molar-refractivity contribution >= 4 is 22.3 Å². The number of hydrogen-bond donors (Lipinski definition) is 2. The molecule has 126 valence electrons. The van der Waals surface area contributed by atoms with E-state index in [0.29, 0.717) is 6.54 Å². The number of hydrogen-bond acceptors (Lipinski definition) is 4. The molecule has 0 saturated heterocycles. The Kier molecular flexibility index (Phi) is 5.12. The number of aromatic nitrogens is 2. The van der Waals surface area contributed by atoms with E-state index in [-0.39, 0.29) is 12.1 Å². The molecular weight excluding hydrogens is 322 g/mol. The predicted octanol–water partition coefficient (Wildman–Crippen LogP) is 2.50. The lowest BCUT2D eigenvalue weighted by atomic mass is 10.1. The first-order valence-corrected chi connectivity index (χ1v) is 8.65. The number of carbonyl (C=O) groups is 1. The van der Waals surface area contributed by atoms with Crippen molar-refractivity contribution in [1.29, 1.82) is 0 Å². The van der Waals surface area contributed by atoms with Gasteiger partial charge in [-0.3, -0.25) is 4.40 Å². The standard InChI is InChI=1S/C17H21N5OS/c1-21(2)12-15(13-6-4-3-5-7-13)20-16(23)18-10-14-11-22-8-9-24-17(22)19-14/h3-9,11,15H,10,12H2,1-2H3,(H2,18,20,23). The first kappa shape index (κ1) is 16.5. The second-order valence-electron chi connectivity index (χ2n) is 5.88. The Morgan fingerprint density at radius 1 is 1.33 bits per heavy atom. The number of carbonyl (C=O) groups excluding carboxylic acids is 1. The van der Waals surface area contributed by atoms with Crippen LogP contribution in [0.2, 0.25) is 0 Å². The fourth-order valence-electron chi connectivity index (χ4n) is 2.53. The van der Waals surface area contributed by atoms with Crippen molar-refractivity contribution in [3.05, 3.63) is 59.4 Å². The van der Waals surface area contributed by atoms with Gasteiger partial charge >= 0.3 is 6.03 Å². The fraction of sp³-hybridized carbons (Fsp3) is 0.294. The van der Waals surface area contributed by atoms with Crippen LogP contribution >= 0.6 is 11.3 Å². The molecule has 7 heteroatoms. The van der Waals surface area contributed by atoms with E-state index in [2.05, 4.69) is 20.5 Å². The lowest BCUT2D eigenvalue weighted by Crippen LogP contribution is -2.41. The topological polar surface area (TPSA) is 61.7 Å². The van der Waals surface area contributed by atoms with Gasteiger partial charge in [0.05, 0.1) is 18.3 Å². The zero-order valence-electron chi connectivity index (χ0n) is 13.8. The normalized spacial score (nSPS) is 12.5. The number of likely N-dealkylation sites (N-methyl/N-ethyl adjacent to an activating group) is 1. The molecule has 6 nitrogen and oxygen atoms in total. The van der Waals surface area contributed by atoms with Crippen LogP contribution in [0, 0.1) is 0 Å². The molecule has 2 N–H and O–H groups in total. The number of imidazole rings is 1. The van der Waals surface area contributed by atoms with Crippen molar-refractivity contribution < 1.29 is 4.79 Å². The summed E-state index contributed by atoms with van der Waals surface area (Å²) in [5, 5.41) is 7.91. The maximum Gasteiger partial charge on any atom is 0.315 e. The van der Waals surface area contributed by atoms with E-state index in [0.717, 1.165) is 22.8 Å². The van der Waals surface area contributed by atoms with Gasteiger partial charge < -0.3 is 15.5 Å². The van der Waals surface area contributed by atoms with Gasteiger partial charge in [0.1, 0.15) is 0 Å². The molecule has 0 saturated carbocycles. The van der Waals surface area contributed by atoms with E-state index in [9.17, 15) is 4.79 Å². The van der Waals surface area contributed by atoms with E-state index in [4.69, 9.17) is 0 Å². The van der Waals surface area contributed by atoms with Crippen LogP contribution in [0.25, 0.3) is 4.96 Å². The van der Waals surface area contributed by atoms with Crippen LogP contribution in [0.1, 0.15) is 17.3 Å². The highest BCUT2D eigenvalue weighted by Gasteiger charge is 2.15. The van der Waals surface area contributed by atoms with Gasteiger partial charge in [-0.1, -0.05) is 30.3 Å². The van der Waals surface area contributed by atoms with Crippen molar-refractivity contribution in [1.82, 2.24) is 24.9 Å². The van der Waals surface area contributed by atoms with Gasteiger partial charge in [-0.25, -0.2) is 9.78 Å². The molecule has 2 heterocycles. The van der Waals surface area contributed by atoms with Crippen molar-refractivity contribution in [3.63, 3.8) is 0 Å². The minimum Gasteiger partial charge on any atom is -0.332 e. The highest BCUT2D eigenvalue weighted by molar-refractivity contribution is 7.15. The molecule has 0 radical (unpaired) electrons. The average Bonchev–Trinajstić information content (AvgIpc) is 3.14. The van der Waals surface area contributed by atoms with Gasteiger partial charge in [0.2, 0.25) is 0 Å². The molecule has 2 aromatic heterocycles. The molecule has 0 bridgehead atoms. The Morgan fingerprint density at radius 2 is 2.12 bits per heavy atom. The minimum absolute atomic E-state index is 0.0632. The van der Waals surface area contributed by atoms with Crippen molar-refractivity contribution in [2.45, 2.75) is 12.6 Å². The molecule has 0 aliphatic heterocycles. The van der Waals surface area contributed by atoms with Crippen LogP contribution < -0.4 is 10.6 Å². The van der Waals surface area contributed by atoms with E-state index >= 15 is 0 Å². The summed E-state index contributed by atoms with van der Waals surface area (Å²) in [6.07, 6.45) is 3.89. The monoisotopic (exact) mass is 343 g/mol. The zero-order chi connectivity index (χ0) is 16.9. The summed E-state index contributed by atoms with van der Waals surface area (Å²) >= 11 is 1.58. The van der Waals surface area contributed by atoms with Crippen LogP contribution in [0.15, 0.2) is 48.1 Å². The predicted molar refractivity (Wildman–Crippen MR) is 96.2 cm³/mol. The number of amides is 2. The summed E-state index contributed by atoms with van der Waals surface area (Å²) in [5.74, 6) is 0. The van der Waals surface area contributed by atoms with Gasteiger partial charge in [-0.05, 0) is 19.7 Å². The average molecular weight is 343 g/mol. The molecule has 1 atom stereocenters. The van der Waals surface area contributed by atoms with E-state index in [1.807, 2.05) is 66.6 Å². The van der Waals surface area contributed by atoms with E-state index < -0.39 is 0 Å². The molecule has 24 heavy (non-hydrogen) atoms. The lowest BCUT2D eigenvalue weighted by molar-refractivity contribution is 0.232. The number of urea groups is 1. The Balaban J connectivity index is 1.59. The molecule has 3 aromatic rings. The number of fused-ring (bicyclic) bond motifs is 1. The largest absolute Gasteiger partial charge is 0.332 e. The van der Waals surface area contributed by atoms with E-state index in [1.165, 1.54) is 0 Å². The molecule has 0 aliphatic rings. The maximum absolute atomic E-state index is 12.3. The van der Waals surface area contributed by atoms with Crippen LogP contribution in [0.5, 0.6) is 0 Å². The third-order valence-electron chi connectivity index (χ3n) is 3.63. The van der Waals surface area contributed by atoms with Crippen LogP contribution in [-0.2, 0) is 6.54 Å². The maximum atomic E-state index is 12.3. The molecule has 1 unspecified atom stereocenters. The minimum atomic E-state index is -0.193. The lowest BCUT2D eigenvalue weighted by Gasteiger charge is -2.23. The summed E-state index contributed by atoms with van der Waals surface area (Å²) in [6.45, 7) is 1.14. The fourth-order valence-corrected chi connectivity index (χ4v) is 3.25. The van der Waals surface area contributed by atoms with Crippen LogP contribution in [-0.4, -0.2) is 41.0 Å². The highest BCUT2D eigenvalue weighted by atomic mass is 32.1. The number of nitrogens with zero attached hydrogens (tertiary/aromatic N) is 3. The number of benzene rings is 1. The van der Waals surface area contributed by atoms with Crippen molar-refractivity contribution in [3.8, 4) is 0 Å². The Morgan fingerprint density at radius 3 is 2.83 bits per heavy atom. The summed E-state index contributed by atoms with van der Waals surface area (Å²) in [5.41, 5.74) is 1.93. The molecule has 2 amide bonds. The SMILES string of the molecule is CN(C)CC(NC(=O)NCc1cn2ccsc2n1)c1ccccc1. The molecule has 3 rings (SSSR count). The molecule has 0 fully saturated rings.